The van der Waals surface area contributed by atoms with Crippen molar-refractivity contribution in [2.75, 3.05) is 5.73 Å². The Kier molecular flexibility index (Phi) is 4.79. The Morgan fingerprint density at radius 1 is 0.964 bits per heavy atom. The van der Waals surface area contributed by atoms with Crippen molar-refractivity contribution in [2.24, 2.45) is 0 Å². The van der Waals surface area contributed by atoms with E-state index in [4.69, 9.17) is 17.3 Å². The lowest BCUT2D eigenvalue weighted by molar-refractivity contribution is 0.630. The average Bonchev–Trinajstić information content (AvgIpc) is 3.08. The second-order valence-corrected chi connectivity index (χ2v) is 6.40. The lowest BCUT2D eigenvalue weighted by atomic mass is 10.2. The van der Waals surface area contributed by atoms with Gasteiger partial charge in [-0.05, 0) is 42.3 Å². The molecule has 0 fully saturated rings. The molecule has 0 saturated carbocycles. The van der Waals surface area contributed by atoms with Crippen LogP contribution in [0.5, 0.6) is 0 Å². The van der Waals surface area contributed by atoms with E-state index < -0.39 is 5.82 Å². The van der Waals surface area contributed by atoms with Gasteiger partial charge in [-0.1, -0.05) is 41.8 Å². The van der Waals surface area contributed by atoms with Gasteiger partial charge in [0.15, 0.2) is 0 Å². The third-order valence-corrected chi connectivity index (χ3v) is 4.41. The molecule has 28 heavy (non-hydrogen) atoms. The lowest BCUT2D eigenvalue weighted by Gasteiger charge is -2.02. The number of hydrogen-bond acceptors (Lipinski definition) is 3. The maximum absolute atomic E-state index is 14.1. The summed E-state index contributed by atoms with van der Waals surface area (Å²) in [6, 6.07) is 17.7. The number of nitrogens with zero attached hydrogens (tertiary/aromatic N) is 2. The van der Waals surface area contributed by atoms with E-state index >= 15 is 0 Å². The molecule has 6 heteroatoms. The minimum Gasteiger partial charge on any atom is -0.382 e. The van der Waals surface area contributed by atoms with E-state index in [9.17, 15) is 4.39 Å². The number of nitrogen functional groups attached to an aromatic ring is 1. The smallest absolute Gasteiger partial charge is 0.150 e. The summed E-state index contributed by atoms with van der Waals surface area (Å²) in [5, 5.41) is 0.255. The van der Waals surface area contributed by atoms with Crippen molar-refractivity contribution in [3.05, 3.63) is 89.0 Å². The van der Waals surface area contributed by atoms with Gasteiger partial charge in [-0.2, -0.15) is 0 Å². The number of nitrogens with two attached hydrogens (primary N) is 1. The largest absolute Gasteiger partial charge is 0.382 e. The summed E-state index contributed by atoms with van der Waals surface area (Å²) in [6.07, 6.45) is 1.64. The van der Waals surface area contributed by atoms with Crippen LogP contribution in [0.3, 0.4) is 0 Å². The van der Waals surface area contributed by atoms with Crippen LogP contribution in [0.2, 0.25) is 5.02 Å². The summed E-state index contributed by atoms with van der Waals surface area (Å²) in [5.74, 6) is 6.10. The Balaban J connectivity index is 1.64. The first-order chi connectivity index (χ1) is 13.6. The van der Waals surface area contributed by atoms with Crippen LogP contribution >= 0.6 is 11.6 Å². The average molecular weight is 389 g/mol. The first-order valence-corrected chi connectivity index (χ1v) is 8.83. The zero-order valence-electron chi connectivity index (χ0n) is 14.6. The minimum absolute atomic E-state index is 0.181. The number of H-pyrrole nitrogens is 1. The van der Waals surface area contributed by atoms with E-state index in [1.807, 2.05) is 36.4 Å². The highest BCUT2D eigenvalue weighted by Crippen LogP contribution is 2.32. The van der Waals surface area contributed by atoms with Crippen LogP contribution in [0.25, 0.3) is 22.6 Å². The van der Waals surface area contributed by atoms with Crippen molar-refractivity contribution >= 4 is 17.4 Å². The van der Waals surface area contributed by atoms with Crippen molar-refractivity contribution in [1.82, 2.24) is 15.0 Å². The highest BCUT2D eigenvalue weighted by molar-refractivity contribution is 6.33. The monoisotopic (exact) mass is 388 g/mol. The number of benzene rings is 2. The van der Waals surface area contributed by atoms with Gasteiger partial charge < -0.3 is 10.7 Å². The van der Waals surface area contributed by atoms with Gasteiger partial charge in [0.25, 0.3) is 0 Å². The van der Waals surface area contributed by atoms with E-state index in [1.54, 1.807) is 18.3 Å². The Bertz CT molecular complexity index is 1170. The first-order valence-electron chi connectivity index (χ1n) is 8.45. The molecule has 0 radical (unpaired) electrons. The number of halogens is 2. The number of aromatic amines is 1. The van der Waals surface area contributed by atoms with Crippen molar-refractivity contribution in [3.8, 4) is 34.5 Å². The number of hydrogen-bond donors (Lipinski definition) is 2. The Morgan fingerprint density at radius 3 is 2.50 bits per heavy atom. The number of aromatic nitrogens is 3. The molecular formula is C22H14ClFN4. The van der Waals surface area contributed by atoms with E-state index in [0.29, 0.717) is 17.0 Å². The molecule has 0 spiro atoms. The van der Waals surface area contributed by atoms with E-state index in [2.05, 4.69) is 26.8 Å². The van der Waals surface area contributed by atoms with Gasteiger partial charge in [-0.3, -0.25) is 0 Å². The maximum atomic E-state index is 14.1. The fourth-order valence-corrected chi connectivity index (χ4v) is 2.98. The van der Waals surface area contributed by atoms with Crippen LogP contribution in [0.4, 0.5) is 10.2 Å². The molecule has 0 unspecified atom stereocenters. The van der Waals surface area contributed by atoms with Gasteiger partial charge in [0.2, 0.25) is 0 Å². The molecular weight excluding hydrogens is 375 g/mol. The van der Waals surface area contributed by atoms with Crippen LogP contribution in [-0.4, -0.2) is 15.0 Å². The SMILES string of the molecule is Nc1nc(-c2c(F)cccc2Cl)[nH]c1-c1ccc(C#Cc2ccccc2)nc1. The highest BCUT2D eigenvalue weighted by Gasteiger charge is 2.16. The van der Waals surface area contributed by atoms with E-state index in [-0.39, 0.29) is 22.2 Å². The quantitative estimate of drug-likeness (QED) is 0.479. The van der Waals surface area contributed by atoms with E-state index in [1.165, 1.54) is 12.1 Å². The van der Waals surface area contributed by atoms with Gasteiger partial charge in [0, 0.05) is 17.3 Å². The van der Waals surface area contributed by atoms with Crippen molar-refractivity contribution in [3.63, 3.8) is 0 Å². The zero-order chi connectivity index (χ0) is 19.5. The summed E-state index contributed by atoms with van der Waals surface area (Å²) >= 11 is 6.11. The van der Waals surface area contributed by atoms with Crippen molar-refractivity contribution in [1.29, 1.82) is 0 Å². The summed E-state index contributed by atoms with van der Waals surface area (Å²) in [4.78, 5) is 11.6. The summed E-state index contributed by atoms with van der Waals surface area (Å²) in [7, 11) is 0. The standard InChI is InChI=1S/C22H14ClFN4/c23-17-7-4-8-18(24)19(17)22-27-20(21(25)28-22)15-10-12-16(26-13-15)11-9-14-5-2-1-3-6-14/h1-8,10,12-13H,25H2,(H,27,28). The number of nitrogens with one attached hydrogen (secondary N) is 1. The third-order valence-electron chi connectivity index (χ3n) is 4.09. The normalized spacial score (nSPS) is 10.4. The van der Waals surface area contributed by atoms with Crippen LogP contribution in [0.15, 0.2) is 66.9 Å². The molecule has 0 aliphatic carbocycles. The molecule has 2 aromatic carbocycles. The fourth-order valence-electron chi connectivity index (χ4n) is 2.72. The molecule has 4 nitrogen and oxygen atoms in total. The molecule has 4 rings (SSSR count). The highest BCUT2D eigenvalue weighted by atomic mass is 35.5. The number of rotatable bonds is 2. The second kappa shape index (κ2) is 7.55. The first kappa shape index (κ1) is 17.8. The van der Waals surface area contributed by atoms with Gasteiger partial charge in [-0.15, -0.1) is 0 Å². The molecule has 0 saturated heterocycles. The van der Waals surface area contributed by atoms with E-state index in [0.717, 1.165) is 5.56 Å². The molecule has 2 heterocycles. The van der Waals surface area contributed by atoms with Crippen molar-refractivity contribution in [2.45, 2.75) is 0 Å². The molecule has 3 N–H and O–H groups in total. The fraction of sp³-hybridized carbons (Fsp3) is 0. The third kappa shape index (κ3) is 3.59. The lowest BCUT2D eigenvalue weighted by Crippen LogP contribution is -1.90. The second-order valence-electron chi connectivity index (χ2n) is 5.99. The van der Waals surface area contributed by atoms with Crippen LogP contribution in [0, 0.1) is 17.7 Å². The summed E-state index contributed by atoms with van der Waals surface area (Å²) in [6.45, 7) is 0. The molecule has 0 amide bonds. The minimum atomic E-state index is -0.475. The van der Waals surface area contributed by atoms with Crippen LogP contribution in [0.1, 0.15) is 11.3 Å². The Labute approximate surface area is 166 Å². The Morgan fingerprint density at radius 2 is 1.79 bits per heavy atom. The topological polar surface area (TPSA) is 67.6 Å². The van der Waals surface area contributed by atoms with Gasteiger partial charge >= 0.3 is 0 Å². The number of pyridine rings is 1. The summed E-state index contributed by atoms with van der Waals surface area (Å²) < 4.78 is 14.1. The molecule has 136 valence electrons. The van der Waals surface area contributed by atoms with Crippen LogP contribution in [-0.2, 0) is 0 Å². The van der Waals surface area contributed by atoms with Gasteiger partial charge in [0.05, 0.1) is 16.3 Å². The predicted octanol–water partition coefficient (Wildman–Crippen LogP) is 4.91. The Hall–Kier alpha value is -3.62. The maximum Gasteiger partial charge on any atom is 0.150 e. The molecule has 2 aromatic heterocycles. The number of anilines is 1. The summed E-state index contributed by atoms with van der Waals surface area (Å²) in [5.41, 5.74) is 9.01. The van der Waals surface area contributed by atoms with Crippen molar-refractivity contribution < 1.29 is 4.39 Å². The molecule has 4 aromatic rings. The molecule has 0 aliphatic rings. The molecule has 0 aliphatic heterocycles. The van der Waals surface area contributed by atoms with Gasteiger partial charge in [-0.25, -0.2) is 14.4 Å². The van der Waals surface area contributed by atoms with Gasteiger partial charge in [0.1, 0.15) is 23.2 Å². The zero-order valence-corrected chi connectivity index (χ0v) is 15.3. The predicted molar refractivity (Wildman–Crippen MR) is 109 cm³/mol. The van der Waals surface area contributed by atoms with Crippen LogP contribution < -0.4 is 5.73 Å². The molecule has 0 atom stereocenters. The molecule has 0 bridgehead atoms. The number of imidazole rings is 1.